The lowest BCUT2D eigenvalue weighted by Gasteiger charge is -2.30. The molecular weight excluding hydrogens is 492 g/mol. The van der Waals surface area contributed by atoms with Crippen LogP contribution in [0.5, 0.6) is 5.75 Å². The van der Waals surface area contributed by atoms with Gasteiger partial charge < -0.3 is 15.5 Å². The zero-order valence-corrected chi connectivity index (χ0v) is 21.3. The molecule has 0 saturated carbocycles. The topological polar surface area (TPSA) is 126 Å². The standard InChI is InChI=1S/C28H28N2O6S/c1-28(37(2,35)36,18-29-27(34)23-9-5-6-10-24(23)31)17-26(33)30-14-13-22(16-25(30)32)21-12-11-19-7-3-4-8-20(19)15-21/h3-16,26,31,33H,17-18H2,1-2H3,(H,29,34). The molecule has 0 radical (unpaired) electrons. The molecule has 192 valence electrons. The first-order chi connectivity index (χ1) is 17.5. The minimum Gasteiger partial charge on any atom is -0.507 e. The molecule has 2 atom stereocenters. The van der Waals surface area contributed by atoms with Crippen LogP contribution >= 0.6 is 0 Å². The normalized spacial score (nSPS) is 14.1. The van der Waals surface area contributed by atoms with Crippen molar-refractivity contribution in [3.05, 3.63) is 101 Å². The molecule has 0 spiro atoms. The van der Waals surface area contributed by atoms with Gasteiger partial charge in [0.05, 0.1) is 10.3 Å². The van der Waals surface area contributed by atoms with E-state index in [1.165, 1.54) is 31.3 Å². The van der Waals surface area contributed by atoms with E-state index in [0.29, 0.717) is 5.56 Å². The Labute approximate surface area is 214 Å². The van der Waals surface area contributed by atoms with Crippen LogP contribution in [0.3, 0.4) is 0 Å². The summed E-state index contributed by atoms with van der Waals surface area (Å²) in [5.41, 5.74) is 1.01. The molecule has 37 heavy (non-hydrogen) atoms. The third-order valence-corrected chi connectivity index (χ3v) is 8.73. The van der Waals surface area contributed by atoms with E-state index in [0.717, 1.165) is 27.2 Å². The Balaban J connectivity index is 1.55. The molecular formula is C28H28N2O6S. The number of nitrogens with one attached hydrogen (secondary N) is 1. The summed E-state index contributed by atoms with van der Waals surface area (Å²) in [6.07, 6.45) is 0.639. The maximum Gasteiger partial charge on any atom is 0.255 e. The number of benzene rings is 3. The summed E-state index contributed by atoms with van der Waals surface area (Å²) in [5.74, 6) is -0.890. The number of carbonyl (C=O) groups is 1. The molecule has 1 aromatic heterocycles. The third-order valence-electron chi connectivity index (χ3n) is 6.63. The van der Waals surface area contributed by atoms with E-state index in [1.807, 2.05) is 42.5 Å². The smallest absolute Gasteiger partial charge is 0.255 e. The van der Waals surface area contributed by atoms with E-state index in [1.54, 1.807) is 18.2 Å². The molecule has 3 aromatic carbocycles. The number of aliphatic hydroxyl groups is 1. The number of nitrogens with zero attached hydrogens (tertiary/aromatic N) is 1. The number of aromatic hydroxyl groups is 1. The molecule has 4 rings (SSSR count). The molecule has 8 nitrogen and oxygen atoms in total. The maximum atomic E-state index is 12.9. The lowest BCUT2D eigenvalue weighted by atomic mass is 10.0. The Morgan fingerprint density at radius 2 is 1.62 bits per heavy atom. The van der Waals surface area contributed by atoms with Gasteiger partial charge in [0, 0.05) is 31.5 Å². The molecule has 2 unspecified atom stereocenters. The zero-order valence-electron chi connectivity index (χ0n) is 20.5. The second-order valence-electron chi connectivity index (χ2n) is 9.33. The molecule has 0 aliphatic rings. The maximum absolute atomic E-state index is 12.9. The Morgan fingerprint density at radius 3 is 2.30 bits per heavy atom. The summed E-state index contributed by atoms with van der Waals surface area (Å²) in [4.78, 5) is 25.4. The van der Waals surface area contributed by atoms with Crippen LogP contribution in [-0.4, -0.2) is 46.7 Å². The second kappa shape index (κ2) is 10.2. The van der Waals surface area contributed by atoms with Gasteiger partial charge in [-0.3, -0.25) is 14.2 Å². The van der Waals surface area contributed by atoms with Gasteiger partial charge in [-0.1, -0.05) is 48.5 Å². The van der Waals surface area contributed by atoms with Crippen molar-refractivity contribution < 1.29 is 23.4 Å². The summed E-state index contributed by atoms with van der Waals surface area (Å²) in [5, 5.41) is 25.4. The van der Waals surface area contributed by atoms with Crippen LogP contribution < -0.4 is 10.9 Å². The highest BCUT2D eigenvalue weighted by Crippen LogP contribution is 2.28. The summed E-state index contributed by atoms with van der Waals surface area (Å²) in [7, 11) is -3.79. The molecule has 0 fully saturated rings. The quantitative estimate of drug-likeness (QED) is 0.327. The molecule has 0 saturated heterocycles. The van der Waals surface area contributed by atoms with E-state index in [4.69, 9.17) is 0 Å². The van der Waals surface area contributed by atoms with Gasteiger partial charge in [-0.15, -0.1) is 0 Å². The predicted molar refractivity (Wildman–Crippen MR) is 143 cm³/mol. The highest BCUT2D eigenvalue weighted by Gasteiger charge is 2.39. The van der Waals surface area contributed by atoms with Crippen LogP contribution in [0.25, 0.3) is 21.9 Å². The van der Waals surface area contributed by atoms with Crippen molar-refractivity contribution in [2.45, 2.75) is 24.3 Å². The average Bonchev–Trinajstić information content (AvgIpc) is 2.86. The summed E-state index contributed by atoms with van der Waals surface area (Å²) >= 11 is 0. The first-order valence-corrected chi connectivity index (χ1v) is 13.5. The number of carbonyl (C=O) groups excluding carboxylic acids is 1. The number of amides is 1. The summed E-state index contributed by atoms with van der Waals surface area (Å²) in [6, 6.07) is 22.7. The first kappa shape index (κ1) is 26.1. The van der Waals surface area contributed by atoms with Crippen LogP contribution in [0.15, 0.2) is 89.9 Å². The lowest BCUT2D eigenvalue weighted by molar-refractivity contribution is 0.0767. The van der Waals surface area contributed by atoms with Crippen LogP contribution in [0.2, 0.25) is 0 Å². The van der Waals surface area contributed by atoms with Gasteiger partial charge in [0.1, 0.15) is 12.0 Å². The van der Waals surface area contributed by atoms with E-state index in [2.05, 4.69) is 5.32 Å². The SMILES string of the molecule is CC(CNC(=O)c1ccccc1O)(CC(O)n1ccc(-c2ccc3ccccc3c2)cc1=O)S(C)(=O)=O. The van der Waals surface area contributed by atoms with Gasteiger partial charge in [0.25, 0.3) is 11.5 Å². The van der Waals surface area contributed by atoms with Crippen molar-refractivity contribution in [1.82, 2.24) is 9.88 Å². The van der Waals surface area contributed by atoms with E-state index in [9.17, 15) is 28.2 Å². The monoisotopic (exact) mass is 520 g/mol. The van der Waals surface area contributed by atoms with Crippen LogP contribution in [-0.2, 0) is 9.84 Å². The first-order valence-electron chi connectivity index (χ1n) is 11.6. The number of aliphatic hydroxyl groups excluding tert-OH is 1. The minimum atomic E-state index is -3.79. The highest BCUT2D eigenvalue weighted by molar-refractivity contribution is 7.92. The van der Waals surface area contributed by atoms with Gasteiger partial charge >= 0.3 is 0 Å². The number of hydrogen-bond acceptors (Lipinski definition) is 6. The lowest BCUT2D eigenvalue weighted by Crippen LogP contribution is -2.48. The minimum absolute atomic E-state index is 0.000557. The highest BCUT2D eigenvalue weighted by atomic mass is 32.2. The third kappa shape index (κ3) is 5.58. The van der Waals surface area contributed by atoms with Crippen molar-refractivity contribution in [2.75, 3.05) is 12.8 Å². The van der Waals surface area contributed by atoms with Crippen molar-refractivity contribution >= 4 is 26.5 Å². The van der Waals surface area contributed by atoms with Crippen LogP contribution in [0.1, 0.15) is 29.9 Å². The molecule has 9 heteroatoms. The molecule has 0 aliphatic carbocycles. The van der Waals surface area contributed by atoms with Gasteiger partial charge in [0.15, 0.2) is 9.84 Å². The number of pyridine rings is 1. The second-order valence-corrected chi connectivity index (χ2v) is 11.9. The fraction of sp³-hybridized carbons (Fsp3) is 0.214. The van der Waals surface area contributed by atoms with E-state index in [-0.39, 0.29) is 24.3 Å². The largest absolute Gasteiger partial charge is 0.507 e. The molecule has 1 heterocycles. The zero-order chi connectivity index (χ0) is 26.8. The van der Waals surface area contributed by atoms with Crippen LogP contribution in [0, 0.1) is 0 Å². The van der Waals surface area contributed by atoms with Crippen molar-refractivity contribution in [2.24, 2.45) is 0 Å². The summed E-state index contributed by atoms with van der Waals surface area (Å²) < 4.78 is 24.8. The fourth-order valence-corrected chi connectivity index (χ4v) is 4.94. The number of aromatic nitrogens is 1. The molecule has 0 bridgehead atoms. The van der Waals surface area contributed by atoms with Gasteiger partial charge in [0.2, 0.25) is 0 Å². The van der Waals surface area contributed by atoms with Crippen molar-refractivity contribution in [1.29, 1.82) is 0 Å². The molecule has 4 aromatic rings. The number of rotatable bonds is 8. The predicted octanol–water partition coefficient (Wildman–Crippen LogP) is 3.49. The Kier molecular flexibility index (Phi) is 7.20. The van der Waals surface area contributed by atoms with E-state index >= 15 is 0 Å². The number of sulfone groups is 1. The average molecular weight is 521 g/mol. The van der Waals surface area contributed by atoms with Crippen LogP contribution in [0.4, 0.5) is 0 Å². The van der Waals surface area contributed by atoms with Gasteiger partial charge in [-0.25, -0.2) is 8.42 Å². The Hall–Kier alpha value is -3.95. The van der Waals surface area contributed by atoms with Crippen molar-refractivity contribution in [3.63, 3.8) is 0 Å². The van der Waals surface area contributed by atoms with Gasteiger partial charge in [-0.05, 0) is 53.1 Å². The number of phenols is 1. The van der Waals surface area contributed by atoms with E-state index < -0.39 is 32.3 Å². The van der Waals surface area contributed by atoms with Crippen molar-refractivity contribution in [3.8, 4) is 16.9 Å². The number of para-hydroxylation sites is 1. The molecule has 1 amide bonds. The summed E-state index contributed by atoms with van der Waals surface area (Å²) in [6.45, 7) is 1.06. The number of fused-ring (bicyclic) bond motifs is 1. The molecule has 0 aliphatic heterocycles. The fourth-order valence-electron chi connectivity index (χ4n) is 4.15. The Morgan fingerprint density at radius 1 is 0.973 bits per heavy atom. The van der Waals surface area contributed by atoms with Gasteiger partial charge in [-0.2, -0.15) is 0 Å². The molecule has 3 N–H and O–H groups in total. The number of hydrogen-bond donors (Lipinski definition) is 3. The Bertz CT molecular complexity index is 1630. The number of phenolic OH excluding ortho intramolecular Hbond substituents is 1.